The fourth-order valence-corrected chi connectivity index (χ4v) is 0.951. The van der Waals surface area contributed by atoms with E-state index in [0.29, 0.717) is 0 Å². The highest BCUT2D eigenvalue weighted by Gasteiger charge is 1.92. The van der Waals surface area contributed by atoms with Crippen molar-refractivity contribution in [1.82, 2.24) is 0 Å². The molecule has 0 aliphatic heterocycles. The Kier molecular flexibility index (Phi) is 15.1. The molecule has 0 saturated carbocycles. The molecule has 0 heterocycles. The average molecular weight is 156 g/mol. The molecule has 0 bridgehead atoms. The van der Waals surface area contributed by atoms with Crippen molar-refractivity contribution in [3.05, 3.63) is 12.2 Å². The standard InChI is InChI=1S/C9H18.C2H6/c1-4-6-8-9(3)7-5-2;1-2/h5,7,9H,4,6,8H2,1-3H3;1-2H3. The van der Waals surface area contributed by atoms with Crippen molar-refractivity contribution in [3.63, 3.8) is 0 Å². The zero-order valence-electron chi connectivity index (χ0n) is 8.85. The molecule has 0 aromatic rings. The molecular formula is C11H24. The third-order valence-corrected chi connectivity index (χ3v) is 1.53. The van der Waals surface area contributed by atoms with Crippen LogP contribution in [0.3, 0.4) is 0 Å². The molecule has 0 spiro atoms. The monoisotopic (exact) mass is 156 g/mol. The highest BCUT2D eigenvalue weighted by molar-refractivity contribution is 4.82. The third kappa shape index (κ3) is 12.8. The highest BCUT2D eigenvalue weighted by Crippen LogP contribution is 2.07. The number of rotatable bonds is 4. The summed E-state index contributed by atoms with van der Waals surface area (Å²) in [7, 11) is 0. The maximum Gasteiger partial charge on any atom is -0.0262 e. The Balaban J connectivity index is 0. The molecule has 0 aliphatic rings. The summed E-state index contributed by atoms with van der Waals surface area (Å²) in [5, 5.41) is 0. The Morgan fingerprint density at radius 3 is 2.18 bits per heavy atom. The molecule has 0 aromatic heterocycles. The molecule has 1 atom stereocenters. The fourth-order valence-electron chi connectivity index (χ4n) is 0.951. The van der Waals surface area contributed by atoms with Gasteiger partial charge in [0.15, 0.2) is 0 Å². The minimum absolute atomic E-state index is 0.787. The molecule has 11 heavy (non-hydrogen) atoms. The van der Waals surface area contributed by atoms with Crippen molar-refractivity contribution in [3.8, 4) is 0 Å². The van der Waals surface area contributed by atoms with Gasteiger partial charge < -0.3 is 0 Å². The van der Waals surface area contributed by atoms with E-state index in [1.165, 1.54) is 19.3 Å². The van der Waals surface area contributed by atoms with Crippen LogP contribution in [0.2, 0.25) is 0 Å². The van der Waals surface area contributed by atoms with Gasteiger partial charge in [0, 0.05) is 0 Å². The van der Waals surface area contributed by atoms with E-state index in [4.69, 9.17) is 0 Å². The molecule has 0 heteroatoms. The van der Waals surface area contributed by atoms with Crippen LogP contribution in [0.5, 0.6) is 0 Å². The Bertz CT molecular complexity index is 72.1. The first kappa shape index (κ1) is 13.3. The van der Waals surface area contributed by atoms with Crippen LogP contribution in [0, 0.1) is 5.92 Å². The second kappa shape index (κ2) is 12.4. The highest BCUT2D eigenvalue weighted by atomic mass is 14.0. The van der Waals surface area contributed by atoms with Crippen LogP contribution in [0.15, 0.2) is 12.2 Å². The maximum atomic E-state index is 2.27. The van der Waals surface area contributed by atoms with Crippen molar-refractivity contribution in [2.24, 2.45) is 5.92 Å². The van der Waals surface area contributed by atoms with Crippen molar-refractivity contribution in [2.45, 2.75) is 53.9 Å². The van der Waals surface area contributed by atoms with E-state index < -0.39 is 0 Å². The maximum absolute atomic E-state index is 2.27. The SMILES string of the molecule is CC.CC=CC(C)CCCC. The molecule has 0 rings (SSSR count). The summed E-state index contributed by atoms with van der Waals surface area (Å²) >= 11 is 0. The minimum atomic E-state index is 0.787. The van der Waals surface area contributed by atoms with Gasteiger partial charge in [-0.1, -0.05) is 52.7 Å². The smallest absolute Gasteiger partial charge is 0.0262 e. The lowest BCUT2D eigenvalue weighted by Crippen LogP contribution is -1.87. The van der Waals surface area contributed by atoms with E-state index in [1.54, 1.807) is 0 Å². The predicted octanol–water partition coefficient (Wildman–Crippen LogP) is 4.42. The lowest BCUT2D eigenvalue weighted by molar-refractivity contribution is 0.598. The van der Waals surface area contributed by atoms with Crippen molar-refractivity contribution in [1.29, 1.82) is 0 Å². The van der Waals surface area contributed by atoms with Gasteiger partial charge in [-0.05, 0) is 19.3 Å². The molecule has 0 amide bonds. The van der Waals surface area contributed by atoms with Crippen LogP contribution < -0.4 is 0 Å². The van der Waals surface area contributed by atoms with Crippen LogP contribution in [0.1, 0.15) is 53.9 Å². The molecule has 0 nitrogen and oxygen atoms in total. The quantitative estimate of drug-likeness (QED) is 0.529. The summed E-state index contributed by atoms with van der Waals surface area (Å²) in [5.74, 6) is 0.787. The normalized spacial score (nSPS) is 12.5. The molecule has 0 radical (unpaired) electrons. The van der Waals surface area contributed by atoms with Crippen LogP contribution in [-0.4, -0.2) is 0 Å². The summed E-state index contributed by atoms with van der Waals surface area (Å²) in [6.07, 6.45) is 8.45. The first-order valence-corrected chi connectivity index (χ1v) is 4.94. The average Bonchev–Trinajstić information content (AvgIpc) is 2.05. The topological polar surface area (TPSA) is 0 Å². The van der Waals surface area contributed by atoms with Gasteiger partial charge in [-0.15, -0.1) is 0 Å². The third-order valence-electron chi connectivity index (χ3n) is 1.53. The molecule has 0 aromatic carbocycles. The van der Waals surface area contributed by atoms with E-state index in [2.05, 4.69) is 32.9 Å². The van der Waals surface area contributed by atoms with E-state index in [-0.39, 0.29) is 0 Å². The molecule has 0 aliphatic carbocycles. The van der Waals surface area contributed by atoms with Crippen LogP contribution in [0.25, 0.3) is 0 Å². The Hall–Kier alpha value is -0.260. The minimum Gasteiger partial charge on any atom is -0.0914 e. The van der Waals surface area contributed by atoms with Gasteiger partial charge in [-0.3, -0.25) is 0 Å². The first-order valence-electron chi connectivity index (χ1n) is 4.94. The van der Waals surface area contributed by atoms with Crippen LogP contribution in [-0.2, 0) is 0 Å². The number of hydrogen-bond donors (Lipinski definition) is 0. The fraction of sp³-hybridized carbons (Fsp3) is 0.818. The second-order valence-electron chi connectivity index (χ2n) is 2.65. The summed E-state index contributed by atoms with van der Waals surface area (Å²) in [6.45, 7) is 10.6. The van der Waals surface area contributed by atoms with Gasteiger partial charge in [0.25, 0.3) is 0 Å². The molecule has 0 saturated heterocycles. The lowest BCUT2D eigenvalue weighted by atomic mass is 10.0. The van der Waals surface area contributed by atoms with Crippen molar-refractivity contribution >= 4 is 0 Å². The lowest BCUT2D eigenvalue weighted by Gasteiger charge is -2.02. The van der Waals surface area contributed by atoms with Crippen molar-refractivity contribution in [2.75, 3.05) is 0 Å². The Morgan fingerprint density at radius 1 is 1.27 bits per heavy atom. The van der Waals surface area contributed by atoms with Crippen LogP contribution >= 0.6 is 0 Å². The van der Waals surface area contributed by atoms with Gasteiger partial charge in [-0.25, -0.2) is 0 Å². The van der Waals surface area contributed by atoms with E-state index >= 15 is 0 Å². The molecule has 0 N–H and O–H groups in total. The molecule has 68 valence electrons. The molecular weight excluding hydrogens is 132 g/mol. The largest absolute Gasteiger partial charge is 0.0914 e. The van der Waals surface area contributed by atoms with Gasteiger partial charge in [0.1, 0.15) is 0 Å². The second-order valence-corrected chi connectivity index (χ2v) is 2.65. The summed E-state index contributed by atoms with van der Waals surface area (Å²) in [6, 6.07) is 0. The number of hydrogen-bond acceptors (Lipinski definition) is 0. The molecule has 0 fully saturated rings. The number of allylic oxidation sites excluding steroid dienone is 2. The zero-order valence-corrected chi connectivity index (χ0v) is 8.85. The Labute approximate surface area is 72.7 Å². The summed E-state index contributed by atoms with van der Waals surface area (Å²) in [5.41, 5.74) is 0. The summed E-state index contributed by atoms with van der Waals surface area (Å²) in [4.78, 5) is 0. The van der Waals surface area contributed by atoms with E-state index in [0.717, 1.165) is 5.92 Å². The van der Waals surface area contributed by atoms with Crippen molar-refractivity contribution < 1.29 is 0 Å². The van der Waals surface area contributed by atoms with E-state index in [9.17, 15) is 0 Å². The van der Waals surface area contributed by atoms with Gasteiger partial charge in [0.05, 0.1) is 0 Å². The first-order chi connectivity index (χ1) is 5.31. The van der Waals surface area contributed by atoms with Gasteiger partial charge in [0.2, 0.25) is 0 Å². The van der Waals surface area contributed by atoms with E-state index in [1.807, 2.05) is 13.8 Å². The van der Waals surface area contributed by atoms with Crippen LogP contribution in [0.4, 0.5) is 0 Å². The summed E-state index contributed by atoms with van der Waals surface area (Å²) < 4.78 is 0. The zero-order chi connectivity index (χ0) is 9.11. The van der Waals surface area contributed by atoms with Gasteiger partial charge in [-0.2, -0.15) is 0 Å². The van der Waals surface area contributed by atoms with Gasteiger partial charge >= 0.3 is 0 Å². The predicted molar refractivity (Wildman–Crippen MR) is 54.9 cm³/mol. The molecule has 1 unspecified atom stereocenters. The number of unbranched alkanes of at least 4 members (excludes halogenated alkanes) is 1. The Morgan fingerprint density at radius 2 is 1.82 bits per heavy atom.